The maximum Gasteiger partial charge on any atom is 0.355 e. The Labute approximate surface area is 174 Å². The van der Waals surface area contributed by atoms with Gasteiger partial charge in [-0.2, -0.15) is 0 Å². The number of aryl methyl sites for hydroxylation is 1. The highest BCUT2D eigenvalue weighted by Crippen LogP contribution is 2.24. The van der Waals surface area contributed by atoms with Crippen LogP contribution >= 0.6 is 0 Å². The first-order chi connectivity index (χ1) is 14.3. The monoisotopic (exact) mass is 415 g/mol. The SMILES string of the molecule is CCNC(=O)NC(=O)[C@@H](OC(=O)c1c(C)[nH]c(C(=O)OCC)c1C)c1ccccc1. The number of imide groups is 1. The quantitative estimate of drug-likeness (QED) is 0.597. The molecular formula is C21H25N3O6. The molecular weight excluding hydrogens is 390 g/mol. The standard InChI is InChI=1S/C21H25N3O6/c1-5-22-21(28)24-18(25)17(14-10-8-7-9-11-14)30-19(26)15-12(3)16(23-13(15)4)20(27)29-6-2/h7-11,17,23H,5-6H2,1-4H3,(H2,22,24,25,28)/t17-/m0/s1. The van der Waals surface area contributed by atoms with Gasteiger partial charge in [0, 0.05) is 17.8 Å². The normalized spacial score (nSPS) is 11.3. The number of nitrogens with one attached hydrogen (secondary N) is 3. The summed E-state index contributed by atoms with van der Waals surface area (Å²) in [4.78, 5) is 52.2. The second kappa shape index (κ2) is 10.2. The maximum atomic E-state index is 12.9. The fraction of sp³-hybridized carbons (Fsp3) is 0.333. The molecule has 0 saturated carbocycles. The number of carbonyl (C=O) groups excluding carboxylic acids is 4. The highest BCUT2D eigenvalue weighted by Gasteiger charge is 2.30. The van der Waals surface area contributed by atoms with Crippen molar-refractivity contribution in [1.82, 2.24) is 15.6 Å². The molecule has 1 aromatic carbocycles. The van der Waals surface area contributed by atoms with Crippen molar-refractivity contribution in [2.24, 2.45) is 0 Å². The molecule has 0 fully saturated rings. The number of esters is 2. The summed E-state index contributed by atoms with van der Waals surface area (Å²) >= 11 is 0. The van der Waals surface area contributed by atoms with E-state index in [-0.39, 0.29) is 17.9 Å². The largest absolute Gasteiger partial charge is 0.461 e. The van der Waals surface area contributed by atoms with Gasteiger partial charge in [-0.05, 0) is 33.3 Å². The highest BCUT2D eigenvalue weighted by atomic mass is 16.5. The molecule has 9 heteroatoms. The molecule has 160 valence electrons. The lowest BCUT2D eigenvalue weighted by atomic mass is 10.1. The van der Waals surface area contributed by atoms with E-state index in [1.807, 2.05) is 0 Å². The van der Waals surface area contributed by atoms with Crippen molar-refractivity contribution in [2.75, 3.05) is 13.2 Å². The topological polar surface area (TPSA) is 127 Å². The van der Waals surface area contributed by atoms with Gasteiger partial charge in [0.1, 0.15) is 5.69 Å². The van der Waals surface area contributed by atoms with Crippen LogP contribution in [0.5, 0.6) is 0 Å². The van der Waals surface area contributed by atoms with Crippen LogP contribution in [-0.4, -0.2) is 42.0 Å². The molecule has 0 bridgehead atoms. The third-order valence-electron chi connectivity index (χ3n) is 4.26. The number of carbonyl (C=O) groups is 4. The summed E-state index contributed by atoms with van der Waals surface area (Å²) in [5.41, 5.74) is 1.42. The van der Waals surface area contributed by atoms with Gasteiger partial charge in [-0.3, -0.25) is 10.1 Å². The molecule has 0 radical (unpaired) electrons. The summed E-state index contributed by atoms with van der Waals surface area (Å²) < 4.78 is 10.5. The molecule has 0 aliphatic heterocycles. The van der Waals surface area contributed by atoms with Crippen LogP contribution < -0.4 is 10.6 Å². The van der Waals surface area contributed by atoms with Crippen LogP contribution in [-0.2, 0) is 14.3 Å². The fourth-order valence-corrected chi connectivity index (χ4v) is 2.91. The zero-order chi connectivity index (χ0) is 22.3. The molecule has 9 nitrogen and oxygen atoms in total. The van der Waals surface area contributed by atoms with E-state index in [1.54, 1.807) is 58.0 Å². The average molecular weight is 415 g/mol. The summed E-state index contributed by atoms with van der Waals surface area (Å²) in [6.45, 7) is 7.09. The molecule has 1 heterocycles. The zero-order valence-corrected chi connectivity index (χ0v) is 17.3. The number of benzene rings is 1. The Morgan fingerprint density at radius 2 is 1.70 bits per heavy atom. The minimum absolute atomic E-state index is 0.129. The number of ether oxygens (including phenoxy) is 2. The van der Waals surface area contributed by atoms with Crippen LogP contribution in [0, 0.1) is 13.8 Å². The molecule has 0 spiro atoms. The third-order valence-corrected chi connectivity index (χ3v) is 4.26. The van der Waals surface area contributed by atoms with Gasteiger partial charge in [-0.15, -0.1) is 0 Å². The second-order valence-corrected chi connectivity index (χ2v) is 6.39. The van der Waals surface area contributed by atoms with Crippen molar-refractivity contribution in [3.05, 3.63) is 58.4 Å². The molecule has 3 N–H and O–H groups in total. The first-order valence-electron chi connectivity index (χ1n) is 9.50. The number of rotatable bonds is 7. The third kappa shape index (κ3) is 5.25. The molecule has 2 rings (SSSR count). The first-order valence-corrected chi connectivity index (χ1v) is 9.50. The van der Waals surface area contributed by atoms with E-state index in [4.69, 9.17) is 9.47 Å². The van der Waals surface area contributed by atoms with Crippen molar-refractivity contribution in [1.29, 1.82) is 0 Å². The second-order valence-electron chi connectivity index (χ2n) is 6.39. The van der Waals surface area contributed by atoms with Crippen LogP contribution in [0.2, 0.25) is 0 Å². The van der Waals surface area contributed by atoms with Gasteiger partial charge in [0.15, 0.2) is 0 Å². The number of urea groups is 1. The Morgan fingerprint density at radius 3 is 2.30 bits per heavy atom. The van der Waals surface area contributed by atoms with Crippen LogP contribution in [0.25, 0.3) is 0 Å². The van der Waals surface area contributed by atoms with E-state index in [2.05, 4.69) is 15.6 Å². The van der Waals surface area contributed by atoms with E-state index in [1.165, 1.54) is 0 Å². The summed E-state index contributed by atoms with van der Waals surface area (Å²) in [6, 6.07) is 7.63. The van der Waals surface area contributed by atoms with Gasteiger partial charge in [-0.25, -0.2) is 14.4 Å². The number of aromatic amines is 1. The summed E-state index contributed by atoms with van der Waals surface area (Å²) in [6.07, 6.45) is -1.36. The fourth-order valence-electron chi connectivity index (χ4n) is 2.91. The van der Waals surface area contributed by atoms with Gasteiger partial charge < -0.3 is 19.8 Å². The van der Waals surface area contributed by atoms with Crippen molar-refractivity contribution in [3.63, 3.8) is 0 Å². The van der Waals surface area contributed by atoms with E-state index < -0.39 is 30.0 Å². The number of hydrogen-bond acceptors (Lipinski definition) is 6. The van der Waals surface area contributed by atoms with Crippen LogP contribution in [0.15, 0.2) is 30.3 Å². The molecule has 3 amide bonds. The number of H-pyrrole nitrogens is 1. The van der Waals surface area contributed by atoms with E-state index in [9.17, 15) is 19.2 Å². The van der Waals surface area contributed by atoms with Crippen LogP contribution in [0.3, 0.4) is 0 Å². The van der Waals surface area contributed by atoms with Crippen molar-refractivity contribution in [3.8, 4) is 0 Å². The Morgan fingerprint density at radius 1 is 1.03 bits per heavy atom. The molecule has 30 heavy (non-hydrogen) atoms. The smallest absolute Gasteiger partial charge is 0.355 e. The Hall–Kier alpha value is -3.62. The van der Waals surface area contributed by atoms with Gasteiger partial charge in [-0.1, -0.05) is 30.3 Å². The molecule has 1 atom stereocenters. The zero-order valence-electron chi connectivity index (χ0n) is 17.3. The van der Waals surface area contributed by atoms with Gasteiger partial charge in [0.05, 0.1) is 12.2 Å². The Bertz CT molecular complexity index is 936. The molecule has 0 saturated heterocycles. The predicted octanol–water partition coefficient (Wildman–Crippen LogP) is 2.55. The van der Waals surface area contributed by atoms with Gasteiger partial charge in [0.25, 0.3) is 5.91 Å². The Balaban J connectivity index is 2.32. The predicted molar refractivity (Wildman–Crippen MR) is 108 cm³/mol. The number of hydrogen-bond donors (Lipinski definition) is 3. The van der Waals surface area contributed by atoms with Gasteiger partial charge >= 0.3 is 18.0 Å². The molecule has 2 aromatic rings. The molecule has 0 aliphatic rings. The average Bonchev–Trinajstić information content (AvgIpc) is 3.01. The van der Waals surface area contributed by atoms with Crippen molar-refractivity contribution in [2.45, 2.75) is 33.8 Å². The van der Waals surface area contributed by atoms with E-state index >= 15 is 0 Å². The maximum absolute atomic E-state index is 12.9. The lowest BCUT2D eigenvalue weighted by Gasteiger charge is -2.18. The van der Waals surface area contributed by atoms with Crippen molar-refractivity contribution < 1.29 is 28.7 Å². The van der Waals surface area contributed by atoms with E-state index in [0.29, 0.717) is 23.4 Å². The van der Waals surface area contributed by atoms with Crippen LogP contribution in [0.1, 0.15) is 57.6 Å². The highest BCUT2D eigenvalue weighted by molar-refractivity contribution is 6.01. The summed E-state index contributed by atoms with van der Waals surface area (Å²) in [5.74, 6) is -2.20. The minimum Gasteiger partial charge on any atom is -0.461 e. The van der Waals surface area contributed by atoms with Crippen molar-refractivity contribution >= 4 is 23.9 Å². The van der Waals surface area contributed by atoms with E-state index in [0.717, 1.165) is 0 Å². The van der Waals surface area contributed by atoms with Gasteiger partial charge in [0.2, 0.25) is 6.10 Å². The number of amides is 3. The molecule has 0 aliphatic carbocycles. The lowest BCUT2D eigenvalue weighted by Crippen LogP contribution is -2.42. The summed E-state index contributed by atoms with van der Waals surface area (Å²) in [5, 5.41) is 4.60. The minimum atomic E-state index is -1.36. The first kappa shape index (κ1) is 22.7. The molecule has 1 aromatic heterocycles. The Kier molecular flexibility index (Phi) is 7.74. The lowest BCUT2D eigenvalue weighted by molar-refractivity contribution is -0.129. The number of aromatic nitrogens is 1. The van der Waals surface area contributed by atoms with Crippen LogP contribution in [0.4, 0.5) is 4.79 Å². The summed E-state index contributed by atoms with van der Waals surface area (Å²) in [7, 11) is 0. The molecule has 0 unspecified atom stereocenters.